The van der Waals surface area contributed by atoms with E-state index in [1.54, 1.807) is 36.1 Å². The van der Waals surface area contributed by atoms with Gasteiger partial charge in [0.15, 0.2) is 5.82 Å². The van der Waals surface area contributed by atoms with E-state index in [4.69, 9.17) is 9.51 Å². The van der Waals surface area contributed by atoms with Gasteiger partial charge in [0.25, 0.3) is 0 Å². The van der Waals surface area contributed by atoms with Gasteiger partial charge in [-0.1, -0.05) is 18.0 Å². The van der Waals surface area contributed by atoms with Gasteiger partial charge in [-0.2, -0.15) is 0 Å². The Morgan fingerprint density at radius 1 is 1.52 bits per heavy atom. The van der Waals surface area contributed by atoms with Crippen LogP contribution in [0.2, 0.25) is 0 Å². The Balaban J connectivity index is 1.48. The van der Waals surface area contributed by atoms with E-state index >= 15 is 0 Å². The number of hydrogen-bond donors (Lipinski definition) is 1. The Kier molecular flexibility index (Phi) is 5.38. The summed E-state index contributed by atoms with van der Waals surface area (Å²) in [7, 11) is 0. The minimum atomic E-state index is -0.163. The average Bonchev–Trinajstić information content (AvgIpc) is 3.26. The highest BCUT2D eigenvalue weighted by Crippen LogP contribution is 2.36. The normalized spacial score (nSPS) is 16.6. The lowest BCUT2D eigenvalue weighted by atomic mass is 10.1. The number of anilines is 1. The second-order valence-corrected chi connectivity index (χ2v) is 8.14. The number of nitrogens with zero attached hydrogens (tertiary/aromatic N) is 2. The monoisotopic (exact) mass is 351 g/mol. The highest BCUT2D eigenvalue weighted by atomic mass is 32.2. The number of aryl methyl sites for hydroxylation is 1. The molecule has 124 valence electrons. The Morgan fingerprint density at radius 3 is 3.00 bits per heavy atom. The number of amides is 1. The van der Waals surface area contributed by atoms with Crippen LogP contribution in [0.15, 0.2) is 16.0 Å². The molecule has 0 spiro atoms. The van der Waals surface area contributed by atoms with E-state index in [1.807, 2.05) is 6.92 Å². The van der Waals surface area contributed by atoms with Gasteiger partial charge in [-0.25, -0.2) is 4.98 Å². The Bertz CT molecular complexity index is 662. The van der Waals surface area contributed by atoms with Crippen LogP contribution >= 0.6 is 23.1 Å². The number of rotatable bonds is 6. The second-order valence-electron chi connectivity index (χ2n) is 5.92. The van der Waals surface area contributed by atoms with Crippen LogP contribution < -0.4 is 5.32 Å². The molecule has 1 N–H and O–H groups in total. The Morgan fingerprint density at radius 2 is 2.30 bits per heavy atom. The first-order chi connectivity index (χ1) is 11.1. The summed E-state index contributed by atoms with van der Waals surface area (Å²) in [5, 5.41) is 9.78. The van der Waals surface area contributed by atoms with Crippen LogP contribution in [0, 0.1) is 6.92 Å². The van der Waals surface area contributed by atoms with Gasteiger partial charge in [-0.05, 0) is 26.7 Å². The third kappa shape index (κ3) is 4.35. The summed E-state index contributed by atoms with van der Waals surface area (Å²) in [6, 6.07) is 1.71. The molecule has 2 aromatic heterocycles. The number of aromatic nitrogens is 2. The standard InChI is InChI=1S/C16H21N3O2S2/c1-10-7-14(19-21-10)18-15(20)11(2)22-8-13-9-23-16(17-13)12-5-3-4-6-12/h7,9,11-12H,3-6,8H2,1-2H3,(H,18,19,20). The smallest absolute Gasteiger partial charge is 0.238 e. The minimum Gasteiger partial charge on any atom is -0.360 e. The lowest BCUT2D eigenvalue weighted by molar-refractivity contribution is -0.115. The molecule has 2 heterocycles. The predicted molar refractivity (Wildman–Crippen MR) is 93.9 cm³/mol. The van der Waals surface area contributed by atoms with Crippen molar-refractivity contribution in [3.63, 3.8) is 0 Å². The maximum absolute atomic E-state index is 12.1. The van der Waals surface area contributed by atoms with Gasteiger partial charge in [0, 0.05) is 23.1 Å². The molecule has 1 unspecified atom stereocenters. The molecule has 1 amide bonds. The number of carbonyl (C=O) groups excluding carboxylic acids is 1. The van der Waals surface area contributed by atoms with Crippen LogP contribution in [0.3, 0.4) is 0 Å². The number of carbonyl (C=O) groups is 1. The SMILES string of the molecule is Cc1cc(NC(=O)C(C)SCc2csc(C3CCCC3)n2)no1. The van der Waals surface area contributed by atoms with Crippen molar-refractivity contribution >= 4 is 34.8 Å². The van der Waals surface area contributed by atoms with Crippen molar-refractivity contribution in [2.24, 2.45) is 0 Å². The third-order valence-electron chi connectivity index (χ3n) is 4.00. The van der Waals surface area contributed by atoms with Crippen molar-refractivity contribution in [3.8, 4) is 0 Å². The maximum atomic E-state index is 12.1. The van der Waals surface area contributed by atoms with E-state index < -0.39 is 0 Å². The number of thiazole rings is 1. The first kappa shape index (κ1) is 16.5. The molecule has 23 heavy (non-hydrogen) atoms. The molecule has 1 saturated carbocycles. The molecule has 0 radical (unpaired) electrons. The van der Waals surface area contributed by atoms with E-state index in [2.05, 4.69) is 15.9 Å². The number of hydrogen-bond acceptors (Lipinski definition) is 6. The van der Waals surface area contributed by atoms with Crippen LogP contribution in [0.25, 0.3) is 0 Å². The fourth-order valence-corrected chi connectivity index (χ4v) is 4.56. The van der Waals surface area contributed by atoms with E-state index in [0.29, 0.717) is 17.5 Å². The zero-order chi connectivity index (χ0) is 16.2. The van der Waals surface area contributed by atoms with Gasteiger partial charge in [0.2, 0.25) is 5.91 Å². The fourth-order valence-electron chi connectivity index (χ4n) is 2.69. The zero-order valence-electron chi connectivity index (χ0n) is 13.4. The lowest BCUT2D eigenvalue weighted by Crippen LogP contribution is -2.22. The summed E-state index contributed by atoms with van der Waals surface area (Å²) in [6.45, 7) is 3.70. The van der Waals surface area contributed by atoms with Gasteiger partial charge >= 0.3 is 0 Å². The molecule has 5 nitrogen and oxygen atoms in total. The van der Waals surface area contributed by atoms with Crippen LogP contribution in [0.4, 0.5) is 5.82 Å². The van der Waals surface area contributed by atoms with Crippen molar-refractivity contribution in [1.29, 1.82) is 0 Å². The topological polar surface area (TPSA) is 68.0 Å². The molecule has 0 bridgehead atoms. The van der Waals surface area contributed by atoms with Crippen LogP contribution in [-0.4, -0.2) is 21.3 Å². The van der Waals surface area contributed by atoms with Crippen LogP contribution in [0.5, 0.6) is 0 Å². The van der Waals surface area contributed by atoms with Crippen molar-refractivity contribution in [1.82, 2.24) is 10.1 Å². The van der Waals surface area contributed by atoms with Gasteiger partial charge in [0.05, 0.1) is 16.0 Å². The molecule has 1 fully saturated rings. The lowest BCUT2D eigenvalue weighted by Gasteiger charge is -2.09. The molecule has 1 aliphatic rings. The highest BCUT2D eigenvalue weighted by Gasteiger charge is 2.21. The Labute approximate surface area is 144 Å². The van der Waals surface area contributed by atoms with Gasteiger partial charge in [-0.3, -0.25) is 4.79 Å². The molecule has 1 aliphatic carbocycles. The van der Waals surface area contributed by atoms with Gasteiger partial charge in [0.1, 0.15) is 5.76 Å². The van der Waals surface area contributed by atoms with Crippen LogP contribution in [-0.2, 0) is 10.5 Å². The Hall–Kier alpha value is -1.34. The minimum absolute atomic E-state index is 0.0606. The predicted octanol–water partition coefficient (Wildman–Crippen LogP) is 4.36. The highest BCUT2D eigenvalue weighted by molar-refractivity contribution is 7.99. The maximum Gasteiger partial charge on any atom is 0.238 e. The van der Waals surface area contributed by atoms with Gasteiger partial charge < -0.3 is 9.84 Å². The van der Waals surface area contributed by atoms with Crippen molar-refractivity contribution in [2.45, 2.75) is 56.5 Å². The van der Waals surface area contributed by atoms with E-state index in [9.17, 15) is 4.79 Å². The number of nitrogens with one attached hydrogen (secondary N) is 1. The van der Waals surface area contributed by atoms with E-state index in [0.717, 1.165) is 11.4 Å². The van der Waals surface area contributed by atoms with Crippen molar-refractivity contribution < 1.29 is 9.32 Å². The third-order valence-corrected chi connectivity index (χ3v) is 6.24. The summed E-state index contributed by atoms with van der Waals surface area (Å²) >= 11 is 3.36. The molecule has 1 atom stereocenters. The van der Waals surface area contributed by atoms with Crippen molar-refractivity contribution in [3.05, 3.63) is 27.9 Å². The first-order valence-corrected chi connectivity index (χ1v) is 9.85. The molecule has 0 saturated heterocycles. The van der Waals surface area contributed by atoms with Crippen LogP contribution in [0.1, 0.15) is 55.0 Å². The molecular formula is C16H21N3O2S2. The average molecular weight is 351 g/mol. The number of thioether (sulfide) groups is 1. The summed E-state index contributed by atoms with van der Waals surface area (Å²) < 4.78 is 4.95. The fraction of sp³-hybridized carbons (Fsp3) is 0.562. The van der Waals surface area contributed by atoms with Crippen molar-refractivity contribution in [2.75, 3.05) is 5.32 Å². The summed E-state index contributed by atoms with van der Waals surface area (Å²) in [6.07, 6.45) is 5.20. The largest absolute Gasteiger partial charge is 0.360 e. The molecule has 2 aromatic rings. The summed E-state index contributed by atoms with van der Waals surface area (Å²) in [5.74, 6) is 2.51. The molecule has 0 aliphatic heterocycles. The summed E-state index contributed by atoms with van der Waals surface area (Å²) in [4.78, 5) is 16.9. The molecular weight excluding hydrogens is 330 g/mol. The first-order valence-electron chi connectivity index (χ1n) is 7.92. The van der Waals surface area contributed by atoms with E-state index in [-0.39, 0.29) is 11.2 Å². The van der Waals surface area contributed by atoms with E-state index in [1.165, 1.54) is 30.7 Å². The van der Waals surface area contributed by atoms with Gasteiger partial charge in [-0.15, -0.1) is 23.1 Å². The quantitative estimate of drug-likeness (QED) is 0.837. The molecule has 0 aromatic carbocycles. The summed E-state index contributed by atoms with van der Waals surface area (Å²) in [5.41, 5.74) is 1.08. The molecule has 7 heteroatoms. The second kappa shape index (κ2) is 7.49. The molecule has 3 rings (SSSR count). The zero-order valence-corrected chi connectivity index (χ0v) is 15.0.